The Balaban J connectivity index is 2.00. The van der Waals surface area contributed by atoms with Gasteiger partial charge in [0.2, 0.25) is 5.91 Å². The van der Waals surface area contributed by atoms with Gasteiger partial charge in [-0.15, -0.1) is 0 Å². The van der Waals surface area contributed by atoms with Crippen LogP contribution in [0.15, 0.2) is 24.3 Å². The van der Waals surface area contributed by atoms with Crippen molar-refractivity contribution in [1.82, 2.24) is 5.43 Å². The molecule has 0 bridgehead atoms. The molecule has 1 aromatic rings. The van der Waals surface area contributed by atoms with E-state index in [9.17, 15) is 4.79 Å². The zero-order valence-electron chi connectivity index (χ0n) is 10.1. The molecule has 0 saturated carbocycles. The molecule has 1 fully saturated rings. The minimum absolute atomic E-state index is 0.0329. The Labute approximate surface area is 102 Å². The highest BCUT2D eigenvalue weighted by Gasteiger charge is 2.24. The van der Waals surface area contributed by atoms with Crippen molar-refractivity contribution in [2.45, 2.75) is 19.8 Å². The van der Waals surface area contributed by atoms with Crippen molar-refractivity contribution in [2.75, 3.05) is 18.0 Å². The van der Waals surface area contributed by atoms with E-state index in [0.29, 0.717) is 0 Å². The van der Waals surface area contributed by atoms with Crippen LogP contribution in [-0.4, -0.2) is 19.0 Å². The predicted octanol–water partition coefficient (Wildman–Crippen LogP) is 1.20. The summed E-state index contributed by atoms with van der Waals surface area (Å²) in [5.41, 5.74) is 4.81. The van der Waals surface area contributed by atoms with Crippen LogP contribution in [0.5, 0.6) is 0 Å². The quantitative estimate of drug-likeness (QED) is 0.458. The number of amides is 1. The first-order valence-electron chi connectivity index (χ1n) is 6.03. The number of nitrogens with zero attached hydrogens (tertiary/aromatic N) is 1. The Morgan fingerprint density at radius 2 is 2.00 bits per heavy atom. The number of rotatable bonds is 2. The number of piperidine rings is 1. The van der Waals surface area contributed by atoms with Crippen LogP contribution in [0.3, 0.4) is 0 Å². The second kappa shape index (κ2) is 5.19. The van der Waals surface area contributed by atoms with Gasteiger partial charge >= 0.3 is 0 Å². The smallest absolute Gasteiger partial charge is 0.237 e. The van der Waals surface area contributed by atoms with E-state index >= 15 is 0 Å². The van der Waals surface area contributed by atoms with Gasteiger partial charge in [0.25, 0.3) is 0 Å². The van der Waals surface area contributed by atoms with Gasteiger partial charge in [-0.3, -0.25) is 10.2 Å². The number of hydrazine groups is 1. The summed E-state index contributed by atoms with van der Waals surface area (Å²) in [6.45, 7) is 3.96. The van der Waals surface area contributed by atoms with Crippen molar-refractivity contribution in [3.05, 3.63) is 29.8 Å². The number of aryl methyl sites for hydroxylation is 1. The Hall–Kier alpha value is -1.55. The van der Waals surface area contributed by atoms with Crippen LogP contribution < -0.4 is 16.2 Å². The first-order chi connectivity index (χ1) is 8.22. The molecule has 1 aliphatic rings. The normalized spacial score (nSPS) is 16.9. The van der Waals surface area contributed by atoms with Crippen molar-refractivity contribution in [1.29, 1.82) is 0 Å². The van der Waals surface area contributed by atoms with Gasteiger partial charge in [-0.2, -0.15) is 0 Å². The zero-order valence-corrected chi connectivity index (χ0v) is 10.1. The fourth-order valence-corrected chi connectivity index (χ4v) is 2.42. The number of para-hydroxylation sites is 1. The molecule has 1 aliphatic heterocycles. The fraction of sp³-hybridized carbons (Fsp3) is 0.462. The molecule has 4 nitrogen and oxygen atoms in total. The van der Waals surface area contributed by atoms with Crippen molar-refractivity contribution < 1.29 is 4.79 Å². The number of hydrogen-bond donors (Lipinski definition) is 2. The Kier molecular flexibility index (Phi) is 3.64. The van der Waals surface area contributed by atoms with E-state index in [2.05, 4.69) is 35.4 Å². The summed E-state index contributed by atoms with van der Waals surface area (Å²) in [5, 5.41) is 0. The number of carbonyl (C=O) groups excluding carboxylic acids is 1. The molecule has 17 heavy (non-hydrogen) atoms. The van der Waals surface area contributed by atoms with Crippen molar-refractivity contribution in [3.8, 4) is 0 Å². The predicted molar refractivity (Wildman–Crippen MR) is 68.4 cm³/mol. The van der Waals surface area contributed by atoms with Gasteiger partial charge in [0.1, 0.15) is 0 Å². The summed E-state index contributed by atoms with van der Waals surface area (Å²) in [6.07, 6.45) is 1.74. The molecule has 0 atom stereocenters. The summed E-state index contributed by atoms with van der Waals surface area (Å²) in [4.78, 5) is 13.8. The zero-order chi connectivity index (χ0) is 12.3. The third kappa shape index (κ3) is 2.58. The summed E-state index contributed by atoms with van der Waals surface area (Å²) in [5.74, 6) is 5.20. The lowest BCUT2D eigenvalue weighted by molar-refractivity contribution is -0.125. The van der Waals surface area contributed by atoms with Crippen molar-refractivity contribution in [2.24, 2.45) is 11.8 Å². The fourth-order valence-electron chi connectivity index (χ4n) is 2.42. The SMILES string of the molecule is Cc1ccccc1N1CCC(C(=O)NN)CC1. The molecule has 1 amide bonds. The lowest BCUT2D eigenvalue weighted by Crippen LogP contribution is -2.42. The highest BCUT2D eigenvalue weighted by atomic mass is 16.2. The lowest BCUT2D eigenvalue weighted by Gasteiger charge is -2.33. The number of anilines is 1. The van der Waals surface area contributed by atoms with Gasteiger partial charge in [-0.25, -0.2) is 5.84 Å². The van der Waals surface area contributed by atoms with E-state index < -0.39 is 0 Å². The topological polar surface area (TPSA) is 58.4 Å². The maximum Gasteiger partial charge on any atom is 0.237 e. The molecule has 0 unspecified atom stereocenters. The van der Waals surface area contributed by atoms with E-state index in [4.69, 9.17) is 5.84 Å². The molecule has 92 valence electrons. The second-order valence-corrected chi connectivity index (χ2v) is 4.56. The first-order valence-corrected chi connectivity index (χ1v) is 6.03. The summed E-state index contributed by atoms with van der Waals surface area (Å²) < 4.78 is 0. The van der Waals surface area contributed by atoms with Crippen molar-refractivity contribution >= 4 is 11.6 Å². The standard InChI is InChI=1S/C13H19N3O/c1-10-4-2-3-5-12(10)16-8-6-11(7-9-16)13(17)15-14/h2-5,11H,6-9,14H2,1H3,(H,15,17). The highest BCUT2D eigenvalue weighted by molar-refractivity contribution is 5.78. The van der Waals surface area contributed by atoms with Gasteiger partial charge in [-0.05, 0) is 31.4 Å². The number of nitrogens with one attached hydrogen (secondary N) is 1. The minimum Gasteiger partial charge on any atom is -0.371 e. The largest absolute Gasteiger partial charge is 0.371 e. The third-order valence-corrected chi connectivity index (χ3v) is 3.46. The van der Waals surface area contributed by atoms with Crippen LogP contribution in [0.25, 0.3) is 0 Å². The van der Waals surface area contributed by atoms with Crippen LogP contribution in [0.1, 0.15) is 18.4 Å². The first kappa shape index (κ1) is 11.9. The van der Waals surface area contributed by atoms with Gasteiger partial charge in [-0.1, -0.05) is 18.2 Å². The third-order valence-electron chi connectivity index (χ3n) is 3.46. The van der Waals surface area contributed by atoms with Crippen LogP contribution in [-0.2, 0) is 4.79 Å². The molecule has 1 aromatic carbocycles. The monoisotopic (exact) mass is 233 g/mol. The maximum atomic E-state index is 11.4. The molecule has 1 saturated heterocycles. The van der Waals surface area contributed by atoms with Gasteiger partial charge < -0.3 is 4.90 Å². The molecular formula is C13H19N3O. The molecule has 0 aromatic heterocycles. The highest BCUT2D eigenvalue weighted by Crippen LogP contribution is 2.25. The van der Waals surface area contributed by atoms with Crippen molar-refractivity contribution in [3.63, 3.8) is 0 Å². The van der Waals surface area contributed by atoms with Gasteiger partial charge in [0, 0.05) is 24.7 Å². The molecule has 0 radical (unpaired) electrons. The Morgan fingerprint density at radius 1 is 1.35 bits per heavy atom. The Morgan fingerprint density at radius 3 is 2.59 bits per heavy atom. The molecule has 3 N–H and O–H groups in total. The maximum absolute atomic E-state index is 11.4. The number of nitrogens with two attached hydrogens (primary N) is 1. The molecule has 4 heteroatoms. The number of benzene rings is 1. The van der Waals surface area contributed by atoms with E-state index in [-0.39, 0.29) is 11.8 Å². The van der Waals surface area contributed by atoms with Crippen LogP contribution >= 0.6 is 0 Å². The van der Waals surface area contributed by atoms with E-state index in [1.165, 1.54) is 11.3 Å². The van der Waals surface area contributed by atoms with E-state index in [1.54, 1.807) is 0 Å². The molecular weight excluding hydrogens is 214 g/mol. The summed E-state index contributed by atoms with van der Waals surface area (Å²) in [7, 11) is 0. The number of hydrogen-bond acceptors (Lipinski definition) is 3. The summed E-state index contributed by atoms with van der Waals surface area (Å²) in [6, 6.07) is 8.36. The van der Waals surface area contributed by atoms with Crippen LogP contribution in [0, 0.1) is 12.8 Å². The van der Waals surface area contributed by atoms with E-state index in [1.807, 2.05) is 6.07 Å². The molecule has 0 spiro atoms. The average Bonchev–Trinajstić information content (AvgIpc) is 2.39. The van der Waals surface area contributed by atoms with Gasteiger partial charge in [0.05, 0.1) is 0 Å². The van der Waals surface area contributed by atoms with Gasteiger partial charge in [0.15, 0.2) is 0 Å². The average molecular weight is 233 g/mol. The van der Waals surface area contributed by atoms with Crippen LogP contribution in [0.2, 0.25) is 0 Å². The van der Waals surface area contributed by atoms with E-state index in [0.717, 1.165) is 25.9 Å². The second-order valence-electron chi connectivity index (χ2n) is 4.56. The molecule has 1 heterocycles. The number of carbonyl (C=O) groups is 1. The Bertz CT molecular complexity index is 397. The minimum atomic E-state index is -0.0329. The molecule has 2 rings (SSSR count). The molecule has 0 aliphatic carbocycles. The lowest BCUT2D eigenvalue weighted by atomic mass is 9.95. The summed E-state index contributed by atoms with van der Waals surface area (Å²) >= 11 is 0. The van der Waals surface area contributed by atoms with Crippen LogP contribution in [0.4, 0.5) is 5.69 Å².